The third kappa shape index (κ3) is 2.78. The van der Waals surface area contributed by atoms with Gasteiger partial charge in [0.25, 0.3) is 0 Å². The molecule has 0 bridgehead atoms. The van der Waals surface area contributed by atoms with Crippen LogP contribution in [0.3, 0.4) is 0 Å². The van der Waals surface area contributed by atoms with Crippen LogP contribution >= 0.6 is 0 Å². The van der Waals surface area contributed by atoms with Gasteiger partial charge >= 0.3 is 0 Å². The van der Waals surface area contributed by atoms with Crippen LogP contribution < -0.4 is 0 Å². The maximum atomic E-state index is 12.1. The van der Waals surface area contributed by atoms with Crippen molar-refractivity contribution in [2.45, 2.75) is 38.6 Å². The van der Waals surface area contributed by atoms with Crippen molar-refractivity contribution in [2.24, 2.45) is 0 Å². The Hall–Kier alpha value is -1.45. The molecule has 0 unspecified atom stereocenters. The number of carbonyl (C=O) groups is 1. The summed E-state index contributed by atoms with van der Waals surface area (Å²) >= 11 is 0. The number of nitrogens with zero attached hydrogens (tertiary/aromatic N) is 3. The van der Waals surface area contributed by atoms with Gasteiger partial charge < -0.3 is 4.90 Å². The molecule has 1 fully saturated rings. The lowest BCUT2D eigenvalue weighted by Gasteiger charge is -2.21. The molecule has 0 N–H and O–H groups in total. The van der Waals surface area contributed by atoms with Crippen LogP contribution in [-0.4, -0.2) is 33.4 Å². The molecule has 1 aliphatic carbocycles. The van der Waals surface area contributed by atoms with Crippen molar-refractivity contribution in [2.75, 3.05) is 6.54 Å². The molecule has 0 spiro atoms. The minimum absolute atomic E-state index is 0.208. The monoisotopic (exact) mass is 219 g/mol. The third-order valence-electron chi connectivity index (χ3n) is 2.74. The summed E-state index contributed by atoms with van der Waals surface area (Å²) in [6.07, 6.45) is 8.68. The highest BCUT2D eigenvalue weighted by atomic mass is 16.2. The van der Waals surface area contributed by atoms with Crippen molar-refractivity contribution < 1.29 is 4.79 Å². The van der Waals surface area contributed by atoms with Crippen molar-refractivity contribution in [1.82, 2.24) is 14.9 Å². The van der Waals surface area contributed by atoms with Crippen LogP contribution in [-0.2, 0) is 11.2 Å². The Morgan fingerprint density at radius 3 is 2.69 bits per heavy atom. The van der Waals surface area contributed by atoms with Crippen molar-refractivity contribution in [3.63, 3.8) is 0 Å². The van der Waals surface area contributed by atoms with Crippen LogP contribution in [0.15, 0.2) is 18.7 Å². The zero-order chi connectivity index (χ0) is 11.4. The first kappa shape index (κ1) is 11.0. The molecule has 16 heavy (non-hydrogen) atoms. The average molecular weight is 219 g/mol. The molecule has 0 aromatic carbocycles. The number of rotatable bonds is 5. The summed E-state index contributed by atoms with van der Waals surface area (Å²) in [6.45, 7) is 2.98. The van der Waals surface area contributed by atoms with Gasteiger partial charge in [-0.25, -0.2) is 9.97 Å². The zero-order valence-electron chi connectivity index (χ0n) is 9.59. The van der Waals surface area contributed by atoms with Crippen molar-refractivity contribution in [3.8, 4) is 0 Å². The highest BCUT2D eigenvalue weighted by Crippen LogP contribution is 2.27. The molecule has 1 heterocycles. The van der Waals surface area contributed by atoms with Gasteiger partial charge in [0.1, 0.15) is 6.33 Å². The van der Waals surface area contributed by atoms with E-state index in [9.17, 15) is 4.79 Å². The molecule has 4 heteroatoms. The molecule has 4 nitrogen and oxygen atoms in total. The second-order valence-corrected chi connectivity index (χ2v) is 4.24. The van der Waals surface area contributed by atoms with E-state index >= 15 is 0 Å². The number of hydrogen-bond acceptors (Lipinski definition) is 3. The third-order valence-corrected chi connectivity index (χ3v) is 2.74. The Labute approximate surface area is 95.7 Å². The number of amides is 1. The van der Waals surface area contributed by atoms with Gasteiger partial charge in [-0.3, -0.25) is 4.79 Å². The molecule has 86 valence electrons. The van der Waals surface area contributed by atoms with E-state index in [1.807, 2.05) is 4.90 Å². The summed E-state index contributed by atoms with van der Waals surface area (Å²) in [6, 6.07) is 0.497. The van der Waals surface area contributed by atoms with Gasteiger partial charge in [-0.15, -0.1) is 0 Å². The van der Waals surface area contributed by atoms with Gasteiger partial charge in [0, 0.05) is 25.0 Å². The molecule has 1 aromatic heterocycles. The maximum absolute atomic E-state index is 12.1. The first-order chi connectivity index (χ1) is 7.81. The van der Waals surface area contributed by atoms with E-state index in [0.29, 0.717) is 12.5 Å². The SMILES string of the molecule is CCCN(C(=O)Cc1cncnc1)C1CC1. The lowest BCUT2D eigenvalue weighted by atomic mass is 10.2. The summed E-state index contributed by atoms with van der Waals surface area (Å²) in [5.74, 6) is 0.208. The van der Waals surface area contributed by atoms with Gasteiger partial charge in [-0.05, 0) is 24.8 Å². The number of aromatic nitrogens is 2. The van der Waals surface area contributed by atoms with E-state index < -0.39 is 0 Å². The molecule has 1 aliphatic rings. The second-order valence-electron chi connectivity index (χ2n) is 4.24. The summed E-state index contributed by atoms with van der Waals surface area (Å²) < 4.78 is 0. The Morgan fingerprint density at radius 1 is 1.44 bits per heavy atom. The lowest BCUT2D eigenvalue weighted by Crippen LogP contribution is -2.34. The molecule has 1 aromatic rings. The van der Waals surface area contributed by atoms with Crippen LogP contribution in [0.2, 0.25) is 0 Å². The van der Waals surface area contributed by atoms with E-state index in [0.717, 1.165) is 31.4 Å². The molecular weight excluding hydrogens is 202 g/mol. The Kier molecular flexibility index (Phi) is 3.49. The normalized spacial score (nSPS) is 14.8. The van der Waals surface area contributed by atoms with E-state index in [1.54, 1.807) is 12.4 Å². The second kappa shape index (κ2) is 5.05. The van der Waals surface area contributed by atoms with Crippen LogP contribution in [0, 0.1) is 0 Å². The first-order valence-corrected chi connectivity index (χ1v) is 5.84. The smallest absolute Gasteiger partial charge is 0.227 e. The molecule has 0 radical (unpaired) electrons. The van der Waals surface area contributed by atoms with Crippen molar-refractivity contribution in [1.29, 1.82) is 0 Å². The van der Waals surface area contributed by atoms with Gasteiger partial charge in [-0.2, -0.15) is 0 Å². The van der Waals surface area contributed by atoms with Gasteiger partial charge in [0.2, 0.25) is 5.91 Å². The molecule has 0 saturated heterocycles. The van der Waals surface area contributed by atoms with E-state index in [-0.39, 0.29) is 5.91 Å². The highest BCUT2D eigenvalue weighted by molar-refractivity contribution is 5.79. The molecule has 0 aliphatic heterocycles. The maximum Gasteiger partial charge on any atom is 0.227 e. The van der Waals surface area contributed by atoms with Gasteiger partial charge in [-0.1, -0.05) is 6.92 Å². The van der Waals surface area contributed by atoms with E-state index in [1.165, 1.54) is 6.33 Å². The van der Waals surface area contributed by atoms with E-state index in [2.05, 4.69) is 16.9 Å². The van der Waals surface area contributed by atoms with Crippen molar-refractivity contribution in [3.05, 3.63) is 24.3 Å². The van der Waals surface area contributed by atoms with E-state index in [4.69, 9.17) is 0 Å². The number of carbonyl (C=O) groups excluding carboxylic acids is 1. The summed E-state index contributed by atoms with van der Waals surface area (Å²) in [5, 5.41) is 0. The van der Waals surface area contributed by atoms with Crippen LogP contribution in [0.4, 0.5) is 0 Å². The Bertz CT molecular complexity index is 349. The predicted molar refractivity (Wildman–Crippen MR) is 60.8 cm³/mol. The lowest BCUT2D eigenvalue weighted by molar-refractivity contribution is -0.131. The van der Waals surface area contributed by atoms with Crippen LogP contribution in [0.1, 0.15) is 31.7 Å². The van der Waals surface area contributed by atoms with Gasteiger partial charge in [0.15, 0.2) is 0 Å². The minimum atomic E-state index is 0.208. The van der Waals surface area contributed by atoms with Crippen LogP contribution in [0.5, 0.6) is 0 Å². The molecule has 1 amide bonds. The summed E-state index contributed by atoms with van der Waals surface area (Å²) in [7, 11) is 0. The van der Waals surface area contributed by atoms with Gasteiger partial charge in [0.05, 0.1) is 6.42 Å². The highest BCUT2D eigenvalue weighted by Gasteiger charge is 2.31. The fourth-order valence-electron chi connectivity index (χ4n) is 1.84. The minimum Gasteiger partial charge on any atom is -0.339 e. The first-order valence-electron chi connectivity index (χ1n) is 5.84. The fourth-order valence-corrected chi connectivity index (χ4v) is 1.84. The van der Waals surface area contributed by atoms with Crippen molar-refractivity contribution >= 4 is 5.91 Å². The summed E-state index contributed by atoms with van der Waals surface area (Å²) in [4.78, 5) is 21.9. The predicted octanol–water partition coefficient (Wildman–Crippen LogP) is 1.42. The standard InChI is InChI=1S/C12H17N3O/c1-2-5-15(11-3-4-11)12(16)6-10-7-13-9-14-8-10/h7-9,11H,2-6H2,1H3. The Morgan fingerprint density at radius 2 is 2.12 bits per heavy atom. The summed E-state index contributed by atoms with van der Waals surface area (Å²) in [5.41, 5.74) is 0.897. The zero-order valence-corrected chi connectivity index (χ0v) is 9.59. The molecular formula is C12H17N3O. The quantitative estimate of drug-likeness (QED) is 0.752. The van der Waals surface area contributed by atoms with Crippen LogP contribution in [0.25, 0.3) is 0 Å². The topological polar surface area (TPSA) is 46.1 Å². The largest absolute Gasteiger partial charge is 0.339 e. The fraction of sp³-hybridized carbons (Fsp3) is 0.583. The number of hydrogen-bond donors (Lipinski definition) is 0. The average Bonchev–Trinajstić information content (AvgIpc) is 3.11. The molecule has 2 rings (SSSR count). The molecule has 1 saturated carbocycles. The molecule has 0 atom stereocenters. The Balaban J connectivity index is 1.95.